The molecule has 1 fully saturated rings. The van der Waals surface area contributed by atoms with Gasteiger partial charge in [-0.2, -0.15) is 0 Å². The minimum atomic E-state index is -0.774. The molecule has 0 spiro atoms. The van der Waals surface area contributed by atoms with E-state index in [9.17, 15) is 14.4 Å². The quantitative estimate of drug-likeness (QED) is 0.377. The van der Waals surface area contributed by atoms with Gasteiger partial charge in [0.25, 0.3) is 11.5 Å². The Morgan fingerprint density at radius 3 is 2.66 bits per heavy atom. The summed E-state index contributed by atoms with van der Waals surface area (Å²) < 4.78 is 24.0. The van der Waals surface area contributed by atoms with Crippen molar-refractivity contribution in [1.82, 2.24) is 9.47 Å². The first-order valence-electron chi connectivity index (χ1n) is 13.3. The third kappa shape index (κ3) is 5.96. The number of allylic oxidation sites excluding steroid dienone is 1. The molecule has 3 heterocycles. The number of esters is 1. The summed E-state index contributed by atoms with van der Waals surface area (Å²) in [5.41, 5.74) is 1.84. The summed E-state index contributed by atoms with van der Waals surface area (Å²) in [6.45, 7) is 6.10. The van der Waals surface area contributed by atoms with E-state index < -0.39 is 12.0 Å². The van der Waals surface area contributed by atoms with Crippen molar-refractivity contribution in [3.8, 4) is 11.5 Å². The Kier molecular flexibility index (Phi) is 8.65. The van der Waals surface area contributed by atoms with Crippen molar-refractivity contribution in [2.24, 2.45) is 4.99 Å². The van der Waals surface area contributed by atoms with Gasteiger partial charge in [0.15, 0.2) is 11.4 Å². The second-order valence-corrected chi connectivity index (χ2v) is 10.4. The Morgan fingerprint density at radius 2 is 1.90 bits per heavy atom. The number of ether oxygens (including phenoxy) is 4. The lowest BCUT2D eigenvalue weighted by atomic mass is 9.95. The van der Waals surface area contributed by atoms with Gasteiger partial charge < -0.3 is 23.8 Å². The van der Waals surface area contributed by atoms with Gasteiger partial charge in [-0.3, -0.25) is 14.2 Å². The lowest BCUT2D eigenvalue weighted by molar-refractivity contribution is -0.137. The Labute approximate surface area is 240 Å². The summed E-state index contributed by atoms with van der Waals surface area (Å²) in [7, 11) is 1.31. The third-order valence-electron chi connectivity index (χ3n) is 6.82. The van der Waals surface area contributed by atoms with Gasteiger partial charge in [0.1, 0.15) is 17.5 Å². The van der Waals surface area contributed by atoms with Crippen molar-refractivity contribution in [3.63, 3.8) is 0 Å². The van der Waals surface area contributed by atoms with E-state index in [1.54, 1.807) is 36.1 Å². The fourth-order valence-corrected chi connectivity index (χ4v) is 5.92. The van der Waals surface area contributed by atoms with Gasteiger partial charge >= 0.3 is 5.97 Å². The van der Waals surface area contributed by atoms with Crippen LogP contribution in [0.25, 0.3) is 6.08 Å². The Balaban J connectivity index is 1.51. The van der Waals surface area contributed by atoms with Gasteiger partial charge in [-0.15, -0.1) is 0 Å². The molecule has 2 aliphatic heterocycles. The van der Waals surface area contributed by atoms with Crippen molar-refractivity contribution >= 4 is 29.3 Å². The molecule has 0 radical (unpaired) electrons. The standard InChI is InChI=1S/C30H31N3O7S/c1-4-39-23-11-6-5-10-22(23)27-26(29(36)37-3)19(2)31-30-33(27)28(35)24(41-30)17-20-8-7-9-21(16-20)40-18-25(34)32-12-14-38-15-13-32/h5-11,16-17,27H,4,12-15,18H2,1-3H3. The Bertz CT molecular complexity index is 1670. The summed E-state index contributed by atoms with van der Waals surface area (Å²) in [4.78, 5) is 46.1. The van der Waals surface area contributed by atoms with E-state index in [2.05, 4.69) is 4.99 Å². The van der Waals surface area contributed by atoms with E-state index in [1.807, 2.05) is 37.3 Å². The summed E-state index contributed by atoms with van der Waals surface area (Å²) in [5.74, 6) is 0.423. The molecule has 1 aromatic heterocycles. The van der Waals surface area contributed by atoms with Gasteiger partial charge in [-0.05, 0) is 43.7 Å². The number of morpholine rings is 1. The van der Waals surface area contributed by atoms with Crippen molar-refractivity contribution in [2.45, 2.75) is 19.9 Å². The van der Waals surface area contributed by atoms with E-state index in [0.29, 0.717) is 65.0 Å². The molecule has 41 heavy (non-hydrogen) atoms. The van der Waals surface area contributed by atoms with Crippen LogP contribution in [-0.4, -0.2) is 68.0 Å². The van der Waals surface area contributed by atoms with E-state index >= 15 is 0 Å². The maximum Gasteiger partial charge on any atom is 0.338 e. The maximum atomic E-state index is 13.9. The highest BCUT2D eigenvalue weighted by Gasteiger charge is 2.34. The van der Waals surface area contributed by atoms with Crippen molar-refractivity contribution in [3.05, 3.63) is 90.6 Å². The average molecular weight is 578 g/mol. The van der Waals surface area contributed by atoms with Gasteiger partial charge in [-0.25, -0.2) is 9.79 Å². The molecule has 2 aliphatic rings. The molecule has 11 heteroatoms. The molecule has 3 aromatic rings. The van der Waals surface area contributed by atoms with Crippen LogP contribution in [0, 0.1) is 0 Å². The smallest absolute Gasteiger partial charge is 0.338 e. The lowest BCUT2D eigenvalue weighted by Gasteiger charge is -2.26. The van der Waals surface area contributed by atoms with Crippen LogP contribution >= 0.6 is 11.3 Å². The molecule has 10 nitrogen and oxygen atoms in total. The third-order valence-corrected chi connectivity index (χ3v) is 7.81. The number of benzene rings is 2. The maximum absolute atomic E-state index is 13.9. The Hall–Kier alpha value is -4.22. The second-order valence-electron chi connectivity index (χ2n) is 9.40. The zero-order chi connectivity index (χ0) is 28.9. The number of aromatic nitrogens is 1. The van der Waals surface area contributed by atoms with Crippen LogP contribution in [0.5, 0.6) is 11.5 Å². The summed E-state index contributed by atoms with van der Waals surface area (Å²) in [5, 5.41) is 0. The number of hydrogen-bond acceptors (Lipinski definition) is 9. The van der Waals surface area contributed by atoms with Gasteiger partial charge in [0, 0.05) is 18.7 Å². The molecule has 5 rings (SSSR count). The average Bonchev–Trinajstić information content (AvgIpc) is 3.29. The zero-order valence-corrected chi connectivity index (χ0v) is 23.9. The molecule has 0 aliphatic carbocycles. The fraction of sp³-hybridized carbons (Fsp3) is 0.333. The molecule has 0 bridgehead atoms. The van der Waals surface area contributed by atoms with Crippen LogP contribution in [0.15, 0.2) is 69.6 Å². The molecular formula is C30H31N3O7S. The molecule has 1 amide bonds. The highest BCUT2D eigenvalue weighted by molar-refractivity contribution is 7.07. The van der Waals surface area contributed by atoms with E-state index in [4.69, 9.17) is 18.9 Å². The molecule has 1 atom stereocenters. The molecule has 1 saturated heterocycles. The molecule has 0 N–H and O–H groups in total. The SMILES string of the molecule is CCOc1ccccc1C1C(C(=O)OC)=C(C)N=c2sc(=Cc3cccc(OCC(=O)N4CCOCC4)c3)c(=O)n21. The molecule has 1 unspecified atom stereocenters. The van der Waals surface area contributed by atoms with Crippen LogP contribution in [0.2, 0.25) is 0 Å². The molecule has 214 valence electrons. The lowest BCUT2D eigenvalue weighted by Crippen LogP contribution is -2.42. The highest BCUT2D eigenvalue weighted by Crippen LogP contribution is 2.35. The van der Waals surface area contributed by atoms with Crippen molar-refractivity contribution < 1.29 is 28.5 Å². The zero-order valence-electron chi connectivity index (χ0n) is 23.1. The van der Waals surface area contributed by atoms with Crippen LogP contribution in [0.3, 0.4) is 0 Å². The number of fused-ring (bicyclic) bond motifs is 1. The van der Waals surface area contributed by atoms with Crippen LogP contribution in [-0.2, 0) is 19.1 Å². The number of amides is 1. The number of thiazole rings is 1. The molecule has 2 aromatic carbocycles. The number of rotatable bonds is 8. The van der Waals surface area contributed by atoms with Crippen LogP contribution < -0.4 is 24.4 Å². The van der Waals surface area contributed by atoms with Gasteiger partial charge in [0.05, 0.1) is 42.7 Å². The van der Waals surface area contributed by atoms with E-state index in [-0.39, 0.29) is 23.6 Å². The van der Waals surface area contributed by atoms with Crippen LogP contribution in [0.1, 0.15) is 31.0 Å². The summed E-state index contributed by atoms with van der Waals surface area (Å²) in [6, 6.07) is 13.8. The number of hydrogen-bond donors (Lipinski definition) is 0. The minimum absolute atomic E-state index is 0.0829. The minimum Gasteiger partial charge on any atom is -0.494 e. The monoisotopic (exact) mass is 577 g/mol. The first kappa shape index (κ1) is 28.3. The topological polar surface area (TPSA) is 109 Å². The first-order valence-corrected chi connectivity index (χ1v) is 14.1. The van der Waals surface area contributed by atoms with Crippen molar-refractivity contribution in [2.75, 3.05) is 46.6 Å². The number of carbonyl (C=O) groups is 2. The van der Waals surface area contributed by atoms with E-state index in [0.717, 1.165) is 5.56 Å². The molecule has 0 saturated carbocycles. The number of para-hydroxylation sites is 1. The highest BCUT2D eigenvalue weighted by atomic mass is 32.1. The number of nitrogens with zero attached hydrogens (tertiary/aromatic N) is 3. The predicted molar refractivity (Wildman–Crippen MR) is 153 cm³/mol. The second kappa shape index (κ2) is 12.5. The molecular weight excluding hydrogens is 546 g/mol. The van der Waals surface area contributed by atoms with Crippen LogP contribution in [0.4, 0.5) is 0 Å². The first-order chi connectivity index (χ1) is 19.9. The number of methoxy groups -OCH3 is 1. The summed E-state index contributed by atoms with van der Waals surface area (Å²) in [6.07, 6.45) is 1.75. The summed E-state index contributed by atoms with van der Waals surface area (Å²) >= 11 is 1.23. The largest absolute Gasteiger partial charge is 0.494 e. The van der Waals surface area contributed by atoms with Crippen molar-refractivity contribution in [1.29, 1.82) is 0 Å². The normalized spacial score (nSPS) is 17.1. The fourth-order valence-electron chi connectivity index (χ4n) is 4.87. The number of carbonyl (C=O) groups excluding carboxylic acids is 2. The Morgan fingerprint density at radius 1 is 1.12 bits per heavy atom. The van der Waals surface area contributed by atoms with Gasteiger partial charge in [-0.1, -0.05) is 41.7 Å². The van der Waals surface area contributed by atoms with Gasteiger partial charge in [0.2, 0.25) is 0 Å². The predicted octanol–water partition coefficient (Wildman–Crippen LogP) is 2.04. The van der Waals surface area contributed by atoms with E-state index in [1.165, 1.54) is 23.0 Å².